The standard InChI is InChI=1S/C21H27FN4O3/c1-27-18-13-19(28-2)15-20(14-18)29-12-7-24-21(23)26-10-8-25(9-11-26)17-5-3-16(22)4-6-17/h3-6,13-15H,7-12H2,1-2H3,(H2,23,24). The Bertz CT molecular complexity index is 799. The van der Waals surface area contributed by atoms with E-state index in [2.05, 4.69) is 14.8 Å². The Kier molecular flexibility index (Phi) is 6.99. The zero-order valence-electron chi connectivity index (χ0n) is 16.8. The molecule has 0 radical (unpaired) electrons. The summed E-state index contributed by atoms with van der Waals surface area (Å²) in [4.78, 5) is 8.68. The molecule has 1 aliphatic heterocycles. The lowest BCUT2D eigenvalue weighted by Crippen LogP contribution is -2.51. The number of aliphatic imine (C=N–C) groups is 1. The summed E-state index contributed by atoms with van der Waals surface area (Å²) >= 11 is 0. The van der Waals surface area contributed by atoms with E-state index in [4.69, 9.17) is 19.9 Å². The quantitative estimate of drug-likeness (QED) is 0.436. The van der Waals surface area contributed by atoms with E-state index >= 15 is 0 Å². The van der Waals surface area contributed by atoms with Crippen LogP contribution in [0.3, 0.4) is 0 Å². The number of hydrogen-bond acceptors (Lipinski definition) is 5. The van der Waals surface area contributed by atoms with Gasteiger partial charge in [0.2, 0.25) is 0 Å². The van der Waals surface area contributed by atoms with Gasteiger partial charge in [-0.15, -0.1) is 0 Å². The molecule has 7 nitrogen and oxygen atoms in total. The van der Waals surface area contributed by atoms with Crippen LogP contribution in [0.25, 0.3) is 0 Å². The van der Waals surface area contributed by atoms with Gasteiger partial charge >= 0.3 is 0 Å². The molecule has 0 amide bonds. The molecule has 0 aliphatic carbocycles. The van der Waals surface area contributed by atoms with Gasteiger partial charge in [-0.3, -0.25) is 0 Å². The van der Waals surface area contributed by atoms with Crippen LogP contribution in [0.15, 0.2) is 47.5 Å². The first-order valence-corrected chi connectivity index (χ1v) is 9.50. The monoisotopic (exact) mass is 402 g/mol. The Morgan fingerprint density at radius 1 is 0.966 bits per heavy atom. The van der Waals surface area contributed by atoms with E-state index < -0.39 is 0 Å². The second-order valence-corrected chi connectivity index (χ2v) is 6.59. The smallest absolute Gasteiger partial charge is 0.191 e. The predicted molar refractivity (Wildman–Crippen MR) is 112 cm³/mol. The molecule has 1 saturated heterocycles. The highest BCUT2D eigenvalue weighted by molar-refractivity contribution is 5.78. The highest BCUT2D eigenvalue weighted by atomic mass is 19.1. The summed E-state index contributed by atoms with van der Waals surface area (Å²) < 4.78 is 29.3. The molecule has 0 unspecified atom stereocenters. The first-order chi connectivity index (χ1) is 14.1. The molecule has 8 heteroatoms. The van der Waals surface area contributed by atoms with Gasteiger partial charge in [0.25, 0.3) is 0 Å². The zero-order valence-corrected chi connectivity index (χ0v) is 16.8. The number of nitrogens with zero attached hydrogens (tertiary/aromatic N) is 3. The molecule has 29 heavy (non-hydrogen) atoms. The molecule has 0 aromatic heterocycles. The molecule has 0 atom stereocenters. The van der Waals surface area contributed by atoms with E-state index in [1.807, 2.05) is 0 Å². The van der Waals surface area contributed by atoms with Gasteiger partial charge in [-0.2, -0.15) is 0 Å². The minimum atomic E-state index is -0.224. The summed E-state index contributed by atoms with van der Waals surface area (Å²) in [6.45, 7) is 3.99. The molecule has 1 fully saturated rings. The maximum absolute atomic E-state index is 13.1. The third-order valence-electron chi connectivity index (χ3n) is 4.75. The second-order valence-electron chi connectivity index (χ2n) is 6.59. The van der Waals surface area contributed by atoms with E-state index in [1.165, 1.54) is 12.1 Å². The first kappa shape index (κ1) is 20.6. The van der Waals surface area contributed by atoms with E-state index in [9.17, 15) is 4.39 Å². The molecule has 0 saturated carbocycles. The van der Waals surface area contributed by atoms with Crippen molar-refractivity contribution in [3.63, 3.8) is 0 Å². The van der Waals surface area contributed by atoms with Gasteiger partial charge in [0.1, 0.15) is 29.7 Å². The summed E-state index contributed by atoms with van der Waals surface area (Å²) in [5.74, 6) is 2.28. The summed E-state index contributed by atoms with van der Waals surface area (Å²) in [6.07, 6.45) is 0. The summed E-state index contributed by atoms with van der Waals surface area (Å²) in [5.41, 5.74) is 7.15. The summed E-state index contributed by atoms with van der Waals surface area (Å²) in [6, 6.07) is 11.9. The molecule has 3 rings (SSSR count). The average Bonchev–Trinajstić information content (AvgIpc) is 2.77. The van der Waals surface area contributed by atoms with Crippen molar-refractivity contribution in [2.75, 3.05) is 58.5 Å². The first-order valence-electron chi connectivity index (χ1n) is 9.50. The lowest BCUT2D eigenvalue weighted by Gasteiger charge is -2.36. The van der Waals surface area contributed by atoms with Crippen LogP contribution < -0.4 is 24.8 Å². The fourth-order valence-corrected chi connectivity index (χ4v) is 3.13. The number of benzene rings is 2. The van der Waals surface area contributed by atoms with Crippen molar-refractivity contribution in [3.05, 3.63) is 48.3 Å². The van der Waals surface area contributed by atoms with Gasteiger partial charge in [0.15, 0.2) is 5.96 Å². The minimum Gasteiger partial charge on any atom is -0.496 e. The number of piperazine rings is 1. The van der Waals surface area contributed by atoms with Crippen molar-refractivity contribution in [3.8, 4) is 17.2 Å². The van der Waals surface area contributed by atoms with E-state index in [0.717, 1.165) is 31.9 Å². The second kappa shape index (κ2) is 9.86. The maximum atomic E-state index is 13.1. The minimum absolute atomic E-state index is 0.224. The van der Waals surface area contributed by atoms with Gasteiger partial charge in [0, 0.05) is 50.1 Å². The predicted octanol–water partition coefficient (Wildman–Crippen LogP) is 2.36. The third-order valence-corrected chi connectivity index (χ3v) is 4.75. The van der Waals surface area contributed by atoms with E-state index in [1.54, 1.807) is 44.6 Å². The number of hydrogen-bond donors (Lipinski definition) is 1. The van der Waals surface area contributed by atoms with Crippen molar-refractivity contribution in [2.45, 2.75) is 0 Å². The molecule has 2 aromatic carbocycles. The summed E-state index contributed by atoms with van der Waals surface area (Å²) in [5, 5.41) is 0. The van der Waals surface area contributed by atoms with Crippen LogP contribution in [-0.4, -0.2) is 64.4 Å². The number of guanidine groups is 1. The van der Waals surface area contributed by atoms with E-state index in [-0.39, 0.29) is 5.82 Å². The van der Waals surface area contributed by atoms with Gasteiger partial charge in [-0.25, -0.2) is 9.38 Å². The number of halogens is 1. The Morgan fingerprint density at radius 2 is 1.55 bits per heavy atom. The van der Waals surface area contributed by atoms with Gasteiger partial charge in [0.05, 0.1) is 20.8 Å². The lowest BCUT2D eigenvalue weighted by atomic mass is 10.2. The van der Waals surface area contributed by atoms with Crippen LogP contribution in [0.5, 0.6) is 17.2 Å². The molecule has 1 aliphatic rings. The molecular formula is C21H27FN4O3. The Morgan fingerprint density at radius 3 is 2.14 bits per heavy atom. The van der Waals surface area contributed by atoms with Crippen LogP contribution in [0.2, 0.25) is 0 Å². The average molecular weight is 402 g/mol. The number of rotatable bonds is 7. The number of anilines is 1. The van der Waals surface area contributed by atoms with Crippen LogP contribution in [0.4, 0.5) is 10.1 Å². The molecule has 2 N–H and O–H groups in total. The number of nitrogens with two attached hydrogens (primary N) is 1. The normalized spacial score (nSPS) is 14.7. The van der Waals surface area contributed by atoms with E-state index in [0.29, 0.717) is 36.4 Å². The van der Waals surface area contributed by atoms with Crippen LogP contribution in [0.1, 0.15) is 0 Å². The highest BCUT2D eigenvalue weighted by Crippen LogP contribution is 2.27. The zero-order chi connectivity index (χ0) is 20.6. The number of ether oxygens (including phenoxy) is 3. The van der Waals surface area contributed by atoms with Gasteiger partial charge in [-0.1, -0.05) is 0 Å². The SMILES string of the molecule is COc1cc(OC)cc(OCCN=C(N)N2CCN(c3ccc(F)cc3)CC2)c1. The van der Waals surface area contributed by atoms with Crippen molar-refractivity contribution < 1.29 is 18.6 Å². The fourth-order valence-electron chi connectivity index (χ4n) is 3.13. The van der Waals surface area contributed by atoms with Crippen LogP contribution in [-0.2, 0) is 0 Å². The van der Waals surface area contributed by atoms with Gasteiger partial charge < -0.3 is 29.7 Å². The largest absolute Gasteiger partial charge is 0.496 e. The van der Waals surface area contributed by atoms with Crippen molar-refractivity contribution >= 4 is 11.6 Å². The van der Waals surface area contributed by atoms with Crippen molar-refractivity contribution in [1.82, 2.24) is 4.90 Å². The Balaban J connectivity index is 1.45. The molecule has 0 bridgehead atoms. The third kappa shape index (κ3) is 5.66. The van der Waals surface area contributed by atoms with Gasteiger partial charge in [-0.05, 0) is 24.3 Å². The van der Waals surface area contributed by atoms with Crippen molar-refractivity contribution in [1.29, 1.82) is 0 Å². The Labute approximate surface area is 170 Å². The molecule has 2 aromatic rings. The molecule has 1 heterocycles. The van der Waals surface area contributed by atoms with Crippen LogP contribution >= 0.6 is 0 Å². The fraction of sp³-hybridized carbons (Fsp3) is 0.381. The molecule has 156 valence electrons. The molecular weight excluding hydrogens is 375 g/mol. The van der Waals surface area contributed by atoms with Crippen LogP contribution in [0, 0.1) is 5.82 Å². The topological polar surface area (TPSA) is 72.5 Å². The summed E-state index contributed by atoms with van der Waals surface area (Å²) in [7, 11) is 3.19. The highest BCUT2D eigenvalue weighted by Gasteiger charge is 2.18. The van der Waals surface area contributed by atoms with Crippen molar-refractivity contribution in [2.24, 2.45) is 10.7 Å². The number of methoxy groups -OCH3 is 2. The molecule has 0 spiro atoms. The Hall–Kier alpha value is -3.16. The lowest BCUT2D eigenvalue weighted by molar-refractivity contribution is 0.319. The maximum Gasteiger partial charge on any atom is 0.191 e.